The zero-order valence-corrected chi connectivity index (χ0v) is 12.7. The fraction of sp³-hybridized carbons (Fsp3) is 0.500. The van der Waals surface area contributed by atoms with Crippen molar-refractivity contribution in [1.82, 2.24) is 5.32 Å². The molecule has 0 spiro atoms. The minimum atomic E-state index is -4.75. The lowest BCUT2D eigenvalue weighted by molar-refractivity contribution is -0.166. The summed E-state index contributed by atoms with van der Waals surface area (Å²) in [6, 6.07) is 4.34. The Bertz CT molecular complexity index is 674. The maximum Gasteiger partial charge on any atom is 0.442 e. The van der Waals surface area contributed by atoms with Gasteiger partial charge in [0.25, 0.3) is 11.8 Å². The Hall–Kier alpha value is -2.10. The van der Waals surface area contributed by atoms with Gasteiger partial charge in [-0.3, -0.25) is 4.79 Å². The highest BCUT2D eigenvalue weighted by Gasteiger charge is 2.65. The zero-order valence-electron chi connectivity index (χ0n) is 12.7. The van der Waals surface area contributed by atoms with Crippen LogP contribution in [0.3, 0.4) is 0 Å². The SMILES string of the molecule is CC(C)(O)C(F)(F)CNC(=O)c1cccc(C2(C(F)(F)F)N=N2)c1. The average Bonchev–Trinajstić information content (AvgIpc) is 3.25. The van der Waals surface area contributed by atoms with E-state index in [0.717, 1.165) is 26.0 Å². The Morgan fingerprint density at radius 1 is 1.21 bits per heavy atom. The second-order valence-corrected chi connectivity index (χ2v) is 5.90. The molecule has 1 aliphatic rings. The molecule has 0 bridgehead atoms. The van der Waals surface area contributed by atoms with Gasteiger partial charge in [-0.2, -0.15) is 13.2 Å². The smallest absolute Gasteiger partial charge is 0.384 e. The summed E-state index contributed by atoms with van der Waals surface area (Å²) in [5.41, 5.74) is -5.69. The lowest BCUT2D eigenvalue weighted by Gasteiger charge is -2.29. The maximum atomic E-state index is 13.6. The van der Waals surface area contributed by atoms with Crippen LogP contribution < -0.4 is 5.32 Å². The van der Waals surface area contributed by atoms with Crippen molar-refractivity contribution in [2.24, 2.45) is 10.2 Å². The summed E-state index contributed by atoms with van der Waals surface area (Å²) in [5, 5.41) is 17.2. The highest BCUT2D eigenvalue weighted by molar-refractivity contribution is 5.94. The van der Waals surface area contributed by atoms with E-state index >= 15 is 0 Å². The largest absolute Gasteiger partial charge is 0.442 e. The third-order valence-electron chi connectivity index (χ3n) is 3.59. The molecule has 0 atom stereocenters. The van der Waals surface area contributed by atoms with Crippen molar-refractivity contribution in [3.05, 3.63) is 35.4 Å². The summed E-state index contributed by atoms with van der Waals surface area (Å²) in [6.07, 6.45) is -4.75. The van der Waals surface area contributed by atoms with Crippen molar-refractivity contribution in [2.75, 3.05) is 6.54 Å². The van der Waals surface area contributed by atoms with Crippen LogP contribution in [-0.4, -0.2) is 35.3 Å². The summed E-state index contributed by atoms with van der Waals surface area (Å²) in [7, 11) is 0. The molecular formula is C14H14F5N3O2. The van der Waals surface area contributed by atoms with E-state index in [-0.39, 0.29) is 11.1 Å². The first-order valence-corrected chi connectivity index (χ1v) is 6.80. The van der Waals surface area contributed by atoms with Gasteiger partial charge in [-0.05, 0) is 26.0 Å². The highest BCUT2D eigenvalue weighted by atomic mass is 19.4. The van der Waals surface area contributed by atoms with E-state index in [2.05, 4.69) is 10.2 Å². The molecule has 10 heteroatoms. The van der Waals surface area contributed by atoms with Crippen LogP contribution in [-0.2, 0) is 5.66 Å². The quantitative estimate of drug-likeness (QED) is 0.801. The lowest BCUT2D eigenvalue weighted by Crippen LogP contribution is -2.50. The number of carbonyl (C=O) groups excluding carboxylic acids is 1. The molecule has 1 heterocycles. The Morgan fingerprint density at radius 2 is 1.79 bits per heavy atom. The van der Waals surface area contributed by atoms with Gasteiger partial charge in [0.05, 0.1) is 6.54 Å². The molecule has 2 rings (SSSR count). The number of aliphatic hydroxyl groups is 1. The first-order chi connectivity index (χ1) is 10.8. The molecular weight excluding hydrogens is 337 g/mol. The van der Waals surface area contributed by atoms with Crippen molar-refractivity contribution in [1.29, 1.82) is 0 Å². The van der Waals surface area contributed by atoms with Crippen LogP contribution in [0.4, 0.5) is 22.0 Å². The van der Waals surface area contributed by atoms with Gasteiger partial charge in [-0.25, -0.2) is 8.78 Å². The first-order valence-electron chi connectivity index (χ1n) is 6.80. The normalized spacial score (nSPS) is 16.8. The Labute approximate surface area is 133 Å². The number of hydrogen-bond donors (Lipinski definition) is 2. The minimum absolute atomic E-state index is 0.250. The van der Waals surface area contributed by atoms with E-state index in [9.17, 15) is 31.9 Å². The van der Waals surface area contributed by atoms with Gasteiger partial charge >= 0.3 is 11.8 Å². The molecule has 0 fully saturated rings. The average molecular weight is 351 g/mol. The van der Waals surface area contributed by atoms with Crippen LogP contribution in [0.5, 0.6) is 0 Å². The van der Waals surface area contributed by atoms with E-state index in [4.69, 9.17) is 0 Å². The molecule has 0 unspecified atom stereocenters. The number of halogens is 5. The lowest BCUT2D eigenvalue weighted by atomic mass is 9.99. The highest BCUT2D eigenvalue weighted by Crippen LogP contribution is 2.52. The third-order valence-corrected chi connectivity index (χ3v) is 3.59. The van der Waals surface area contributed by atoms with Gasteiger partial charge < -0.3 is 10.4 Å². The fourth-order valence-electron chi connectivity index (χ4n) is 1.83. The maximum absolute atomic E-state index is 13.6. The Morgan fingerprint density at radius 3 is 2.25 bits per heavy atom. The molecule has 1 amide bonds. The number of hydrogen-bond acceptors (Lipinski definition) is 4. The molecule has 0 radical (unpaired) electrons. The first kappa shape index (κ1) is 18.2. The van der Waals surface area contributed by atoms with Gasteiger partial charge in [0.1, 0.15) is 5.60 Å². The molecule has 132 valence electrons. The number of nitrogens with zero attached hydrogens (tertiary/aromatic N) is 2. The van der Waals surface area contributed by atoms with Gasteiger partial charge in [-0.1, -0.05) is 12.1 Å². The van der Waals surface area contributed by atoms with Crippen molar-refractivity contribution >= 4 is 5.91 Å². The monoisotopic (exact) mass is 351 g/mol. The topological polar surface area (TPSA) is 74.0 Å². The van der Waals surface area contributed by atoms with E-state index < -0.39 is 35.8 Å². The van der Waals surface area contributed by atoms with Crippen molar-refractivity contribution < 1.29 is 31.9 Å². The Kier molecular flexibility index (Phi) is 4.16. The van der Waals surface area contributed by atoms with Crippen LogP contribution in [0.2, 0.25) is 0 Å². The number of benzene rings is 1. The molecule has 5 nitrogen and oxygen atoms in total. The second-order valence-electron chi connectivity index (χ2n) is 5.90. The second kappa shape index (κ2) is 5.47. The molecule has 0 saturated heterocycles. The number of carbonyl (C=O) groups is 1. The van der Waals surface area contributed by atoms with Crippen LogP contribution >= 0.6 is 0 Å². The minimum Gasteiger partial charge on any atom is -0.384 e. The van der Waals surface area contributed by atoms with E-state index in [1.54, 1.807) is 0 Å². The van der Waals surface area contributed by atoms with Crippen LogP contribution in [0.1, 0.15) is 29.8 Å². The summed E-state index contributed by atoms with van der Waals surface area (Å²) in [4.78, 5) is 11.9. The molecule has 0 saturated carbocycles. The van der Waals surface area contributed by atoms with Crippen molar-refractivity contribution in [3.8, 4) is 0 Å². The summed E-state index contributed by atoms with van der Waals surface area (Å²) in [5.74, 6) is -4.62. The zero-order chi connectivity index (χ0) is 18.4. The van der Waals surface area contributed by atoms with Crippen LogP contribution in [0.15, 0.2) is 34.5 Å². The molecule has 2 N–H and O–H groups in total. The summed E-state index contributed by atoms with van der Waals surface area (Å²) < 4.78 is 66.0. The predicted octanol–water partition coefficient (Wildman–Crippen LogP) is 3.00. The van der Waals surface area contributed by atoms with Gasteiger partial charge in [0, 0.05) is 11.1 Å². The van der Waals surface area contributed by atoms with E-state index in [0.29, 0.717) is 0 Å². The Balaban J connectivity index is 2.14. The predicted molar refractivity (Wildman–Crippen MR) is 72.6 cm³/mol. The van der Waals surface area contributed by atoms with Crippen LogP contribution in [0.25, 0.3) is 0 Å². The van der Waals surface area contributed by atoms with Crippen molar-refractivity contribution in [3.63, 3.8) is 0 Å². The molecule has 1 aromatic carbocycles. The van der Waals surface area contributed by atoms with Crippen molar-refractivity contribution in [2.45, 2.75) is 37.2 Å². The number of alkyl halides is 5. The molecule has 24 heavy (non-hydrogen) atoms. The number of amides is 1. The van der Waals surface area contributed by atoms with Gasteiger partial charge in [0.15, 0.2) is 0 Å². The van der Waals surface area contributed by atoms with Gasteiger partial charge in [0.2, 0.25) is 0 Å². The summed E-state index contributed by atoms with van der Waals surface area (Å²) >= 11 is 0. The molecule has 1 aliphatic heterocycles. The standard InChI is InChI=1S/C14H14F5N3O2/c1-11(2,24)12(15,16)7-20-10(23)8-4-3-5-9(6-8)13(21-22-13)14(17,18)19/h3-6,24H,7H2,1-2H3,(H,20,23). The molecule has 1 aromatic rings. The van der Waals surface area contributed by atoms with E-state index in [1.807, 2.05) is 5.32 Å². The molecule has 0 aliphatic carbocycles. The van der Waals surface area contributed by atoms with Gasteiger partial charge in [-0.15, -0.1) is 10.2 Å². The molecule has 0 aromatic heterocycles. The summed E-state index contributed by atoms with van der Waals surface area (Å²) in [6.45, 7) is 0.588. The fourth-order valence-corrected chi connectivity index (χ4v) is 1.83. The van der Waals surface area contributed by atoms with Crippen LogP contribution in [0, 0.1) is 0 Å². The number of rotatable bonds is 5. The third kappa shape index (κ3) is 3.23. The number of nitrogens with one attached hydrogen (secondary N) is 1. The van der Waals surface area contributed by atoms with E-state index in [1.165, 1.54) is 12.1 Å².